The summed E-state index contributed by atoms with van der Waals surface area (Å²) in [4.78, 5) is 14.8. The number of amides is 1. The zero-order valence-electron chi connectivity index (χ0n) is 15.2. The maximum absolute atomic E-state index is 12.7. The van der Waals surface area contributed by atoms with Crippen molar-refractivity contribution in [1.82, 2.24) is 4.31 Å². The number of sulfonamides is 1. The summed E-state index contributed by atoms with van der Waals surface area (Å²) in [6.07, 6.45) is 1.97. The highest BCUT2D eigenvalue weighted by Gasteiger charge is 2.31. The van der Waals surface area contributed by atoms with E-state index in [0.29, 0.717) is 37.6 Å². The van der Waals surface area contributed by atoms with E-state index in [1.165, 1.54) is 4.31 Å². The molecule has 2 aromatic carbocycles. The zero-order chi connectivity index (χ0) is 19.3. The summed E-state index contributed by atoms with van der Waals surface area (Å²) in [6.45, 7) is 2.40. The van der Waals surface area contributed by atoms with Crippen molar-refractivity contribution >= 4 is 33.4 Å². The number of benzene rings is 2. The molecule has 3 rings (SSSR count). The Balaban J connectivity index is 1.54. The number of nitrogens with zero attached hydrogens (tertiary/aromatic N) is 1. The Hall–Kier alpha value is -1.87. The maximum atomic E-state index is 12.7. The zero-order valence-corrected chi connectivity index (χ0v) is 16.9. The van der Waals surface area contributed by atoms with Crippen molar-refractivity contribution in [2.75, 3.05) is 44.3 Å². The molecule has 1 aliphatic rings. The lowest BCUT2D eigenvalue weighted by molar-refractivity contribution is -0.895. The Morgan fingerprint density at radius 3 is 2.37 bits per heavy atom. The van der Waals surface area contributed by atoms with E-state index in [9.17, 15) is 13.2 Å². The van der Waals surface area contributed by atoms with Crippen LogP contribution >= 0.6 is 11.8 Å². The minimum Gasteiger partial charge on any atom is -0.325 e. The lowest BCUT2D eigenvalue weighted by Gasteiger charge is -2.31. The number of thioether (sulfide) groups is 1. The van der Waals surface area contributed by atoms with Gasteiger partial charge in [0.2, 0.25) is 10.0 Å². The van der Waals surface area contributed by atoms with Gasteiger partial charge in [0.05, 0.1) is 36.8 Å². The second kappa shape index (κ2) is 8.88. The van der Waals surface area contributed by atoms with E-state index in [0.717, 1.165) is 15.5 Å². The normalized spacial score (nSPS) is 16.2. The molecule has 1 heterocycles. The summed E-state index contributed by atoms with van der Waals surface area (Å²) in [5.74, 6) is -0.0501. The second-order valence-electron chi connectivity index (χ2n) is 6.39. The molecular weight excluding hydrogens is 382 g/mol. The lowest BCUT2D eigenvalue weighted by atomic mass is 10.3. The molecule has 0 saturated carbocycles. The van der Waals surface area contributed by atoms with Crippen LogP contribution in [0.25, 0.3) is 0 Å². The van der Waals surface area contributed by atoms with Crippen LogP contribution in [0.3, 0.4) is 0 Å². The van der Waals surface area contributed by atoms with E-state index in [4.69, 9.17) is 0 Å². The maximum Gasteiger partial charge on any atom is 0.279 e. The summed E-state index contributed by atoms with van der Waals surface area (Å²) in [5, 5.41) is 2.96. The Labute approximate surface area is 164 Å². The van der Waals surface area contributed by atoms with Gasteiger partial charge in [-0.1, -0.05) is 30.3 Å². The monoisotopic (exact) mass is 406 g/mol. The highest BCUT2D eigenvalue weighted by molar-refractivity contribution is 7.98. The average Bonchev–Trinajstić information content (AvgIpc) is 2.69. The van der Waals surface area contributed by atoms with Gasteiger partial charge in [-0.15, -0.1) is 11.8 Å². The Morgan fingerprint density at radius 1 is 1.07 bits per heavy atom. The first-order valence-electron chi connectivity index (χ1n) is 8.82. The van der Waals surface area contributed by atoms with E-state index < -0.39 is 10.0 Å². The quantitative estimate of drug-likeness (QED) is 0.701. The van der Waals surface area contributed by atoms with Crippen LogP contribution in [0, 0.1) is 0 Å². The molecule has 0 aromatic heterocycles. The predicted molar refractivity (Wildman–Crippen MR) is 108 cm³/mol. The minimum absolute atomic E-state index is 0.0501. The van der Waals surface area contributed by atoms with Crippen molar-refractivity contribution < 1.29 is 18.1 Å². The molecule has 1 aliphatic heterocycles. The largest absolute Gasteiger partial charge is 0.325 e. The van der Waals surface area contributed by atoms with Crippen LogP contribution in [-0.2, 0) is 14.8 Å². The summed E-state index contributed by atoms with van der Waals surface area (Å²) < 4.78 is 26.8. The standard InChI is InChI=1S/C19H23N3O3S2/c1-26-18-10-6-5-9-17(18)20-19(23)15-21-11-13-22(14-12-21)27(24,25)16-7-3-2-4-8-16/h2-10H,11-15H2,1H3,(H,20,23)/p+1. The van der Waals surface area contributed by atoms with E-state index in [1.54, 1.807) is 42.1 Å². The third kappa shape index (κ3) is 4.90. The van der Waals surface area contributed by atoms with Crippen LogP contribution in [0.1, 0.15) is 0 Å². The number of anilines is 1. The van der Waals surface area contributed by atoms with Crippen molar-refractivity contribution in [2.24, 2.45) is 0 Å². The summed E-state index contributed by atoms with van der Waals surface area (Å²) in [6, 6.07) is 16.2. The first kappa shape index (κ1) is 19.9. The van der Waals surface area contributed by atoms with Crippen molar-refractivity contribution in [2.45, 2.75) is 9.79 Å². The molecule has 2 aromatic rings. The fraction of sp³-hybridized carbons (Fsp3) is 0.316. The van der Waals surface area contributed by atoms with Crippen LogP contribution < -0.4 is 10.2 Å². The molecule has 8 heteroatoms. The van der Waals surface area contributed by atoms with Crippen molar-refractivity contribution in [3.05, 3.63) is 54.6 Å². The van der Waals surface area contributed by atoms with E-state index in [1.807, 2.05) is 30.5 Å². The van der Waals surface area contributed by atoms with Gasteiger partial charge in [0.1, 0.15) is 0 Å². The van der Waals surface area contributed by atoms with Crippen LogP contribution in [0.5, 0.6) is 0 Å². The molecule has 2 N–H and O–H groups in total. The summed E-state index contributed by atoms with van der Waals surface area (Å²) in [7, 11) is -3.45. The number of hydrogen-bond donors (Lipinski definition) is 2. The van der Waals surface area contributed by atoms with E-state index >= 15 is 0 Å². The molecule has 1 saturated heterocycles. The topological polar surface area (TPSA) is 70.9 Å². The van der Waals surface area contributed by atoms with Gasteiger partial charge in [0.25, 0.3) is 5.91 Å². The molecule has 0 aliphatic carbocycles. The van der Waals surface area contributed by atoms with Gasteiger partial charge < -0.3 is 10.2 Å². The summed E-state index contributed by atoms with van der Waals surface area (Å²) in [5.41, 5.74) is 0.819. The molecule has 0 radical (unpaired) electrons. The molecule has 1 fully saturated rings. The predicted octanol–water partition coefficient (Wildman–Crippen LogP) is 0.936. The van der Waals surface area contributed by atoms with Gasteiger partial charge in [-0.25, -0.2) is 8.42 Å². The van der Waals surface area contributed by atoms with Gasteiger partial charge in [-0.05, 0) is 30.5 Å². The first-order valence-corrected chi connectivity index (χ1v) is 11.5. The van der Waals surface area contributed by atoms with E-state index in [2.05, 4.69) is 5.32 Å². The van der Waals surface area contributed by atoms with Crippen LogP contribution in [-0.4, -0.2) is 57.6 Å². The fourth-order valence-electron chi connectivity index (χ4n) is 3.13. The van der Waals surface area contributed by atoms with Gasteiger partial charge in [0, 0.05) is 4.90 Å². The number of nitrogens with one attached hydrogen (secondary N) is 2. The highest BCUT2D eigenvalue weighted by atomic mass is 32.2. The minimum atomic E-state index is -3.45. The van der Waals surface area contributed by atoms with Gasteiger partial charge in [-0.2, -0.15) is 4.31 Å². The second-order valence-corrected chi connectivity index (χ2v) is 9.18. The first-order chi connectivity index (χ1) is 13.0. The molecule has 1 amide bonds. The van der Waals surface area contributed by atoms with Crippen molar-refractivity contribution in [3.63, 3.8) is 0 Å². The number of piperazine rings is 1. The fourth-order valence-corrected chi connectivity index (χ4v) is 5.15. The number of quaternary nitrogens is 1. The Morgan fingerprint density at radius 2 is 1.70 bits per heavy atom. The van der Waals surface area contributed by atoms with Gasteiger partial charge in [-0.3, -0.25) is 4.79 Å². The lowest BCUT2D eigenvalue weighted by Crippen LogP contribution is -3.15. The number of carbonyl (C=O) groups is 1. The molecule has 0 unspecified atom stereocenters. The Bertz CT molecular complexity index is 880. The average molecular weight is 407 g/mol. The SMILES string of the molecule is CSc1ccccc1NC(=O)C[NH+]1CCN(S(=O)(=O)c2ccccc2)CC1. The molecule has 0 bridgehead atoms. The molecule has 6 nitrogen and oxygen atoms in total. The van der Waals surface area contributed by atoms with Gasteiger partial charge in [0.15, 0.2) is 6.54 Å². The number of para-hydroxylation sites is 1. The molecular formula is C19H24N3O3S2+. The molecule has 27 heavy (non-hydrogen) atoms. The van der Waals surface area contributed by atoms with Gasteiger partial charge >= 0.3 is 0 Å². The van der Waals surface area contributed by atoms with Crippen LogP contribution in [0.15, 0.2) is 64.4 Å². The van der Waals surface area contributed by atoms with Crippen LogP contribution in [0.4, 0.5) is 5.69 Å². The summed E-state index contributed by atoms with van der Waals surface area (Å²) >= 11 is 1.59. The Kier molecular flexibility index (Phi) is 6.54. The molecule has 0 spiro atoms. The molecule has 0 atom stereocenters. The number of hydrogen-bond acceptors (Lipinski definition) is 4. The smallest absolute Gasteiger partial charge is 0.279 e. The number of rotatable bonds is 6. The molecule has 144 valence electrons. The number of carbonyl (C=O) groups excluding carboxylic acids is 1. The third-order valence-electron chi connectivity index (χ3n) is 4.60. The third-order valence-corrected chi connectivity index (χ3v) is 7.31. The van der Waals surface area contributed by atoms with Crippen molar-refractivity contribution in [1.29, 1.82) is 0 Å². The van der Waals surface area contributed by atoms with Crippen molar-refractivity contribution in [3.8, 4) is 0 Å². The highest BCUT2D eigenvalue weighted by Crippen LogP contribution is 2.24. The van der Waals surface area contributed by atoms with E-state index in [-0.39, 0.29) is 5.91 Å². The van der Waals surface area contributed by atoms with Crippen LogP contribution in [0.2, 0.25) is 0 Å².